The molecule has 11 nitrogen and oxygen atoms in total. The highest BCUT2D eigenvalue weighted by Crippen LogP contribution is 2.26. The van der Waals surface area contributed by atoms with Gasteiger partial charge < -0.3 is 24.4 Å². The quantitative estimate of drug-likeness (QED) is 0.404. The highest BCUT2D eigenvalue weighted by molar-refractivity contribution is 5.80. The predicted molar refractivity (Wildman–Crippen MR) is 122 cm³/mol. The summed E-state index contributed by atoms with van der Waals surface area (Å²) in [6, 6.07) is -0.438. The van der Waals surface area contributed by atoms with Gasteiger partial charge in [-0.2, -0.15) is 4.84 Å². The second kappa shape index (κ2) is 12.3. The van der Waals surface area contributed by atoms with Crippen molar-refractivity contribution in [1.29, 1.82) is 0 Å². The summed E-state index contributed by atoms with van der Waals surface area (Å²) in [5.74, 6) is -2.18. The molecule has 0 spiro atoms. The van der Waals surface area contributed by atoms with Gasteiger partial charge in [0.2, 0.25) is 5.91 Å². The highest BCUT2D eigenvalue weighted by atomic mass is 16.7. The summed E-state index contributed by atoms with van der Waals surface area (Å²) < 4.78 is 10.9. The average Bonchev–Trinajstić information content (AvgIpc) is 2.75. The van der Waals surface area contributed by atoms with E-state index in [9.17, 15) is 19.2 Å². The Labute approximate surface area is 201 Å². The van der Waals surface area contributed by atoms with E-state index in [4.69, 9.17) is 19.4 Å². The van der Waals surface area contributed by atoms with Crippen LogP contribution in [0.1, 0.15) is 53.9 Å². The molecule has 11 heteroatoms. The standard InChI is InChI=1S/C23H39N3O8/c1-16(2)13-26(34-20(29)7-6-19(27)28)18-12-17(21(30)24-8-10-32-11-9-24)14-25(15-18)22(31)33-23(3,4)5/h16-18H,6-15H2,1-5H3,(H,27,28)/q+1/t17-,18+/m1/s1. The zero-order valence-corrected chi connectivity index (χ0v) is 20.9. The van der Waals surface area contributed by atoms with Crippen LogP contribution in [-0.2, 0) is 28.7 Å². The van der Waals surface area contributed by atoms with Gasteiger partial charge in [-0.05, 0) is 38.2 Å². The van der Waals surface area contributed by atoms with Crippen molar-refractivity contribution in [3.8, 4) is 0 Å². The number of piperidine rings is 1. The number of hydrogen-bond acceptors (Lipinski definition) is 8. The third-order valence-electron chi connectivity index (χ3n) is 5.47. The summed E-state index contributed by atoms with van der Waals surface area (Å²) in [6.07, 6.45) is -0.725. The van der Waals surface area contributed by atoms with Gasteiger partial charge in [0.05, 0.1) is 42.9 Å². The van der Waals surface area contributed by atoms with E-state index in [0.717, 1.165) is 0 Å². The Balaban J connectivity index is 2.23. The lowest BCUT2D eigenvalue weighted by Crippen LogP contribution is -2.57. The van der Waals surface area contributed by atoms with Crippen molar-refractivity contribution in [2.75, 3.05) is 45.9 Å². The molecule has 2 fully saturated rings. The molecule has 2 atom stereocenters. The fourth-order valence-electron chi connectivity index (χ4n) is 3.98. The Morgan fingerprint density at radius 3 is 2.32 bits per heavy atom. The van der Waals surface area contributed by atoms with Crippen LogP contribution in [0.3, 0.4) is 0 Å². The smallest absolute Gasteiger partial charge is 0.481 e. The van der Waals surface area contributed by atoms with Gasteiger partial charge in [-0.15, -0.1) is 0 Å². The number of carbonyl (C=O) groups excluding carboxylic acids is 3. The SMILES string of the molecule is CC(C)CN(OC(=[O+])CCC(=O)O)[C@H]1C[C@@H](C(=O)N2CCOCC2)CN(C(=O)OC(C)(C)C)C1. The van der Waals surface area contributed by atoms with Crippen molar-refractivity contribution in [2.24, 2.45) is 11.8 Å². The summed E-state index contributed by atoms with van der Waals surface area (Å²) in [4.78, 5) is 58.2. The van der Waals surface area contributed by atoms with Crippen LogP contribution in [0.15, 0.2) is 0 Å². The Morgan fingerprint density at radius 1 is 1.12 bits per heavy atom. The fourth-order valence-corrected chi connectivity index (χ4v) is 3.98. The van der Waals surface area contributed by atoms with Crippen LogP contribution in [0, 0.1) is 11.8 Å². The number of morpholine rings is 1. The van der Waals surface area contributed by atoms with Crippen molar-refractivity contribution in [2.45, 2.75) is 65.5 Å². The molecule has 0 aromatic rings. The molecule has 2 rings (SSSR count). The van der Waals surface area contributed by atoms with Crippen LogP contribution < -0.4 is 0 Å². The first-order valence-electron chi connectivity index (χ1n) is 11.9. The summed E-state index contributed by atoms with van der Waals surface area (Å²) in [5.41, 5.74) is -0.700. The maximum absolute atomic E-state index is 13.3. The third-order valence-corrected chi connectivity index (χ3v) is 5.47. The van der Waals surface area contributed by atoms with Crippen LogP contribution >= 0.6 is 0 Å². The van der Waals surface area contributed by atoms with E-state index in [1.54, 1.807) is 25.7 Å². The number of ether oxygens (including phenoxy) is 2. The van der Waals surface area contributed by atoms with E-state index in [2.05, 4.69) is 0 Å². The number of nitrogens with zero attached hydrogens (tertiary/aromatic N) is 3. The molecule has 0 unspecified atom stereocenters. The molecule has 0 bridgehead atoms. The third kappa shape index (κ3) is 9.09. The second-order valence-electron chi connectivity index (χ2n) is 10.3. The lowest BCUT2D eigenvalue weighted by molar-refractivity contribution is -0.211. The number of carbonyl (C=O) groups is 4. The van der Waals surface area contributed by atoms with Crippen LogP contribution in [0.5, 0.6) is 0 Å². The van der Waals surface area contributed by atoms with Gasteiger partial charge in [0, 0.05) is 26.2 Å². The van der Waals surface area contributed by atoms with Gasteiger partial charge in [0.15, 0.2) is 0 Å². The van der Waals surface area contributed by atoms with Gasteiger partial charge in [0.1, 0.15) is 12.0 Å². The molecule has 0 aromatic carbocycles. The number of carboxylic acid groups (broad SMARTS) is 1. The first-order chi connectivity index (χ1) is 15.9. The van der Waals surface area contributed by atoms with E-state index in [1.807, 2.05) is 13.8 Å². The normalized spacial score (nSPS) is 21.5. The van der Waals surface area contributed by atoms with Crippen molar-refractivity contribution in [1.82, 2.24) is 14.9 Å². The van der Waals surface area contributed by atoms with Crippen LogP contribution in [0.4, 0.5) is 4.79 Å². The largest absolute Gasteiger partial charge is 0.598 e. The van der Waals surface area contributed by atoms with Gasteiger partial charge in [0.25, 0.3) is 0 Å². The molecule has 34 heavy (non-hydrogen) atoms. The molecule has 2 amide bonds. The van der Waals surface area contributed by atoms with Gasteiger partial charge in [-0.25, -0.2) is 4.79 Å². The van der Waals surface area contributed by atoms with E-state index < -0.39 is 35.6 Å². The van der Waals surface area contributed by atoms with Crippen LogP contribution in [-0.4, -0.2) is 101 Å². The average molecular weight is 486 g/mol. The monoisotopic (exact) mass is 485 g/mol. The fraction of sp³-hybridized carbons (Fsp3) is 0.826. The molecule has 2 saturated heterocycles. The maximum atomic E-state index is 13.3. The molecule has 0 aromatic heterocycles. The van der Waals surface area contributed by atoms with Crippen molar-refractivity contribution in [3.63, 3.8) is 0 Å². The van der Waals surface area contributed by atoms with E-state index >= 15 is 0 Å². The lowest BCUT2D eigenvalue weighted by Gasteiger charge is -2.41. The number of likely N-dealkylation sites (tertiary alicyclic amines) is 1. The number of hydrogen-bond donors (Lipinski definition) is 1. The van der Waals surface area contributed by atoms with E-state index in [-0.39, 0.29) is 37.8 Å². The van der Waals surface area contributed by atoms with Gasteiger partial charge in [-0.1, -0.05) is 13.8 Å². The summed E-state index contributed by atoms with van der Waals surface area (Å²) >= 11 is 0. The molecule has 1 N–H and O–H groups in total. The van der Waals surface area contributed by atoms with E-state index in [0.29, 0.717) is 39.3 Å². The van der Waals surface area contributed by atoms with Crippen molar-refractivity contribution < 1.29 is 38.6 Å². The molecular weight excluding hydrogens is 446 g/mol. The molecule has 0 saturated carbocycles. The minimum absolute atomic E-state index is 0.0664. The molecule has 2 aliphatic heterocycles. The summed E-state index contributed by atoms with van der Waals surface area (Å²) in [6.45, 7) is 12.0. The Morgan fingerprint density at radius 2 is 1.76 bits per heavy atom. The number of hydroxylamine groups is 2. The summed E-state index contributed by atoms with van der Waals surface area (Å²) in [5, 5.41) is 10.4. The molecular formula is C23H39N3O8+. The number of rotatable bonds is 8. The first kappa shape index (κ1) is 27.8. The molecule has 1 radical (unpaired) electrons. The first-order valence-corrected chi connectivity index (χ1v) is 11.9. The topological polar surface area (TPSA) is 129 Å². The van der Waals surface area contributed by atoms with Gasteiger partial charge in [-0.3, -0.25) is 9.59 Å². The number of amides is 2. The van der Waals surface area contributed by atoms with Crippen molar-refractivity contribution in [3.05, 3.63) is 0 Å². The zero-order chi connectivity index (χ0) is 25.5. The molecule has 2 aliphatic rings. The second-order valence-corrected chi connectivity index (χ2v) is 10.3. The number of carboxylic acids is 1. The predicted octanol–water partition coefficient (Wildman–Crippen LogP) is 1.75. The molecule has 0 aliphatic carbocycles. The Bertz CT molecular complexity index is 730. The lowest BCUT2D eigenvalue weighted by atomic mass is 9.92. The van der Waals surface area contributed by atoms with Crippen molar-refractivity contribution >= 4 is 23.9 Å². The number of aliphatic carboxylic acids is 1. The molecule has 193 valence electrons. The summed E-state index contributed by atoms with van der Waals surface area (Å²) in [7, 11) is 0. The van der Waals surface area contributed by atoms with Gasteiger partial charge >= 0.3 is 18.0 Å². The Kier molecular flexibility index (Phi) is 10.1. The highest BCUT2D eigenvalue weighted by Gasteiger charge is 2.43. The minimum atomic E-state index is -1.09. The Hall–Kier alpha value is -2.40. The van der Waals surface area contributed by atoms with Crippen LogP contribution in [0.25, 0.3) is 0 Å². The van der Waals surface area contributed by atoms with E-state index in [1.165, 1.54) is 9.96 Å². The molecule has 2 heterocycles. The van der Waals surface area contributed by atoms with Crippen LogP contribution in [0.2, 0.25) is 0 Å². The minimum Gasteiger partial charge on any atom is -0.481 e. The maximum Gasteiger partial charge on any atom is 0.598 e. The zero-order valence-electron chi connectivity index (χ0n) is 20.9.